The molecule has 2 aliphatic heterocycles. The monoisotopic (exact) mass is 469 g/mol. The Morgan fingerprint density at radius 1 is 1.09 bits per heavy atom. The molecule has 3 heterocycles. The summed E-state index contributed by atoms with van der Waals surface area (Å²) < 4.78 is 39.9. The zero-order chi connectivity index (χ0) is 24.0. The Bertz CT molecular complexity index is 1260. The standard InChI is InChI=1S/C25H26F3N5O/c1-15-17(4-3-5-22(15)25(26,27)28)13-29-24-21-12-18(6-8-20(21)16(2)30-31-24)32-10-11-33-19(14-32)7-9-23(33)34/h3-6,8,12,19H,7,9-11,13-14H2,1-2H3,(H,29,31). The lowest BCUT2D eigenvalue weighted by Gasteiger charge is -2.39. The van der Waals surface area contributed by atoms with Gasteiger partial charge in [-0.05, 0) is 49.6 Å². The zero-order valence-electron chi connectivity index (χ0n) is 19.1. The fourth-order valence-corrected chi connectivity index (χ4v) is 5.06. The maximum atomic E-state index is 13.3. The molecule has 6 nitrogen and oxygen atoms in total. The van der Waals surface area contributed by atoms with E-state index in [-0.39, 0.29) is 24.1 Å². The predicted molar refractivity (Wildman–Crippen MR) is 125 cm³/mol. The Morgan fingerprint density at radius 3 is 2.71 bits per heavy atom. The average Bonchev–Trinajstić information content (AvgIpc) is 3.18. The van der Waals surface area contributed by atoms with Crippen LogP contribution in [0.2, 0.25) is 0 Å². The highest BCUT2D eigenvalue weighted by atomic mass is 19.4. The van der Waals surface area contributed by atoms with Crippen molar-refractivity contribution in [2.75, 3.05) is 29.9 Å². The number of carbonyl (C=O) groups excluding carboxylic acids is 1. The second kappa shape index (κ2) is 8.45. The summed E-state index contributed by atoms with van der Waals surface area (Å²) in [5.74, 6) is 0.777. The van der Waals surface area contributed by atoms with Crippen LogP contribution in [0.15, 0.2) is 36.4 Å². The first-order valence-electron chi connectivity index (χ1n) is 11.4. The summed E-state index contributed by atoms with van der Waals surface area (Å²) >= 11 is 0. The predicted octanol–water partition coefficient (Wildman–Crippen LogP) is 4.69. The lowest BCUT2D eigenvalue weighted by Crippen LogP contribution is -2.51. The summed E-state index contributed by atoms with van der Waals surface area (Å²) in [6.45, 7) is 5.85. The Morgan fingerprint density at radius 2 is 1.91 bits per heavy atom. The molecule has 34 heavy (non-hydrogen) atoms. The lowest BCUT2D eigenvalue weighted by atomic mass is 10.0. The highest BCUT2D eigenvalue weighted by Crippen LogP contribution is 2.34. The molecule has 2 aromatic carbocycles. The fourth-order valence-electron chi connectivity index (χ4n) is 5.06. The molecule has 2 aliphatic rings. The number of nitrogens with zero attached hydrogens (tertiary/aromatic N) is 4. The van der Waals surface area contributed by atoms with Crippen LogP contribution in [-0.2, 0) is 17.5 Å². The van der Waals surface area contributed by atoms with Crippen molar-refractivity contribution in [1.29, 1.82) is 0 Å². The van der Waals surface area contributed by atoms with Gasteiger partial charge in [-0.25, -0.2) is 0 Å². The van der Waals surface area contributed by atoms with E-state index in [2.05, 4.69) is 32.5 Å². The second-order valence-electron chi connectivity index (χ2n) is 9.03. The minimum Gasteiger partial charge on any atom is -0.368 e. The van der Waals surface area contributed by atoms with E-state index in [1.807, 2.05) is 17.9 Å². The van der Waals surface area contributed by atoms with Crippen molar-refractivity contribution in [3.8, 4) is 0 Å². The van der Waals surface area contributed by atoms with Crippen molar-refractivity contribution >= 4 is 28.2 Å². The highest BCUT2D eigenvalue weighted by Gasteiger charge is 2.35. The third-order valence-corrected chi connectivity index (χ3v) is 7.01. The van der Waals surface area contributed by atoms with E-state index < -0.39 is 11.7 Å². The van der Waals surface area contributed by atoms with Crippen LogP contribution in [0.3, 0.4) is 0 Å². The SMILES string of the molecule is Cc1c(CNc2nnc(C)c3ccc(N4CCN5C(=O)CCC5C4)cc23)cccc1C(F)(F)F. The topological polar surface area (TPSA) is 61.4 Å². The Kier molecular flexibility index (Phi) is 5.58. The van der Waals surface area contributed by atoms with Gasteiger partial charge in [-0.2, -0.15) is 18.3 Å². The molecule has 0 radical (unpaired) electrons. The van der Waals surface area contributed by atoms with Crippen LogP contribution in [0.1, 0.15) is 35.2 Å². The van der Waals surface area contributed by atoms with E-state index in [0.29, 0.717) is 17.8 Å². The summed E-state index contributed by atoms with van der Waals surface area (Å²) in [4.78, 5) is 16.3. The van der Waals surface area contributed by atoms with Gasteiger partial charge in [0.2, 0.25) is 5.91 Å². The number of piperazine rings is 1. The van der Waals surface area contributed by atoms with E-state index in [9.17, 15) is 18.0 Å². The zero-order valence-corrected chi connectivity index (χ0v) is 19.1. The van der Waals surface area contributed by atoms with Gasteiger partial charge in [-0.15, -0.1) is 5.10 Å². The number of amides is 1. The molecule has 1 N–H and O–H groups in total. The number of nitrogens with one attached hydrogen (secondary N) is 1. The average molecular weight is 470 g/mol. The number of benzene rings is 2. The number of anilines is 2. The van der Waals surface area contributed by atoms with Crippen molar-refractivity contribution in [2.24, 2.45) is 0 Å². The normalized spacial score (nSPS) is 18.5. The highest BCUT2D eigenvalue weighted by molar-refractivity contribution is 5.95. The Balaban J connectivity index is 1.42. The van der Waals surface area contributed by atoms with E-state index in [0.717, 1.165) is 54.3 Å². The van der Waals surface area contributed by atoms with E-state index >= 15 is 0 Å². The number of rotatable bonds is 4. The summed E-state index contributed by atoms with van der Waals surface area (Å²) in [5.41, 5.74) is 1.96. The van der Waals surface area contributed by atoms with Gasteiger partial charge in [0, 0.05) is 55.1 Å². The second-order valence-corrected chi connectivity index (χ2v) is 9.03. The van der Waals surface area contributed by atoms with Crippen LogP contribution in [0.25, 0.3) is 10.8 Å². The molecule has 0 saturated carbocycles. The van der Waals surface area contributed by atoms with E-state index in [1.165, 1.54) is 13.0 Å². The number of fused-ring (bicyclic) bond motifs is 2. The number of carbonyl (C=O) groups is 1. The molecule has 9 heteroatoms. The first-order chi connectivity index (χ1) is 16.2. The van der Waals surface area contributed by atoms with Gasteiger partial charge in [0.15, 0.2) is 5.82 Å². The van der Waals surface area contributed by atoms with Crippen molar-refractivity contribution in [1.82, 2.24) is 15.1 Å². The van der Waals surface area contributed by atoms with Gasteiger partial charge >= 0.3 is 6.18 Å². The summed E-state index contributed by atoms with van der Waals surface area (Å²) in [7, 11) is 0. The summed E-state index contributed by atoms with van der Waals surface area (Å²) in [6.07, 6.45) is -2.88. The number of hydrogen-bond donors (Lipinski definition) is 1. The van der Waals surface area contributed by atoms with E-state index in [1.54, 1.807) is 6.07 Å². The van der Waals surface area contributed by atoms with Gasteiger partial charge in [0.25, 0.3) is 0 Å². The van der Waals surface area contributed by atoms with Gasteiger partial charge < -0.3 is 15.1 Å². The molecule has 2 saturated heterocycles. The van der Waals surface area contributed by atoms with Gasteiger partial charge in [0.05, 0.1) is 11.3 Å². The van der Waals surface area contributed by atoms with Crippen LogP contribution >= 0.6 is 0 Å². The summed E-state index contributed by atoms with van der Waals surface area (Å²) in [5, 5.41) is 13.6. The molecular formula is C25H26F3N5O. The molecule has 3 aromatic rings. The quantitative estimate of drug-likeness (QED) is 0.601. The molecule has 1 unspecified atom stereocenters. The van der Waals surface area contributed by atoms with Crippen LogP contribution in [0, 0.1) is 13.8 Å². The molecule has 0 spiro atoms. The van der Waals surface area contributed by atoms with E-state index in [4.69, 9.17) is 0 Å². The molecular weight excluding hydrogens is 443 g/mol. The van der Waals surface area contributed by atoms with Crippen molar-refractivity contribution in [3.63, 3.8) is 0 Å². The van der Waals surface area contributed by atoms with Gasteiger partial charge in [0.1, 0.15) is 0 Å². The van der Waals surface area contributed by atoms with Crippen molar-refractivity contribution in [3.05, 3.63) is 58.8 Å². The maximum Gasteiger partial charge on any atom is 0.416 e. The van der Waals surface area contributed by atoms with Gasteiger partial charge in [-0.1, -0.05) is 18.2 Å². The number of alkyl halides is 3. The van der Waals surface area contributed by atoms with Crippen LogP contribution in [-0.4, -0.2) is 46.7 Å². The van der Waals surface area contributed by atoms with Crippen LogP contribution in [0.5, 0.6) is 0 Å². The van der Waals surface area contributed by atoms with Crippen LogP contribution in [0.4, 0.5) is 24.7 Å². The Labute approximate surface area is 195 Å². The molecule has 0 bridgehead atoms. The minimum atomic E-state index is -4.39. The molecule has 178 valence electrons. The molecule has 1 aromatic heterocycles. The largest absolute Gasteiger partial charge is 0.416 e. The smallest absolute Gasteiger partial charge is 0.368 e. The number of aryl methyl sites for hydroxylation is 1. The number of hydrogen-bond acceptors (Lipinski definition) is 5. The molecule has 2 fully saturated rings. The van der Waals surface area contributed by atoms with Crippen LogP contribution < -0.4 is 10.2 Å². The fraction of sp³-hybridized carbons (Fsp3) is 0.400. The first-order valence-corrected chi connectivity index (χ1v) is 11.4. The maximum absolute atomic E-state index is 13.3. The Hall–Kier alpha value is -3.36. The summed E-state index contributed by atoms with van der Waals surface area (Å²) in [6, 6.07) is 10.6. The first kappa shape index (κ1) is 22.4. The lowest BCUT2D eigenvalue weighted by molar-refractivity contribution is -0.138. The number of aromatic nitrogens is 2. The third-order valence-electron chi connectivity index (χ3n) is 7.01. The number of halogens is 3. The molecule has 5 rings (SSSR count). The molecule has 1 amide bonds. The minimum absolute atomic E-state index is 0.204. The third kappa shape index (κ3) is 4.03. The van der Waals surface area contributed by atoms with Gasteiger partial charge in [-0.3, -0.25) is 4.79 Å². The molecule has 0 aliphatic carbocycles. The van der Waals surface area contributed by atoms with Crippen molar-refractivity contribution in [2.45, 2.75) is 45.5 Å². The van der Waals surface area contributed by atoms with Crippen molar-refractivity contribution < 1.29 is 18.0 Å². The molecule has 1 atom stereocenters.